The van der Waals surface area contributed by atoms with Crippen LogP contribution in [0.2, 0.25) is 0 Å². The van der Waals surface area contributed by atoms with Gasteiger partial charge < -0.3 is 4.74 Å². The molecule has 1 heterocycles. The number of rotatable bonds is 4. The van der Waals surface area contributed by atoms with Crippen molar-refractivity contribution in [2.45, 2.75) is 160 Å². The highest BCUT2D eigenvalue weighted by atomic mass is 19.3. The van der Waals surface area contributed by atoms with Crippen molar-refractivity contribution in [3.8, 4) is 0 Å². The summed E-state index contributed by atoms with van der Waals surface area (Å²) in [5, 5.41) is 0. The van der Waals surface area contributed by atoms with Crippen molar-refractivity contribution in [2.24, 2.45) is 27.1 Å². The van der Waals surface area contributed by atoms with Gasteiger partial charge in [-0.05, 0) is 67.6 Å². The summed E-state index contributed by atoms with van der Waals surface area (Å²) in [6.07, 6.45) is 3.57. The average molecular weight is 527 g/mol. The zero-order valence-electron chi connectivity index (χ0n) is 26.7. The summed E-state index contributed by atoms with van der Waals surface area (Å²) in [6, 6.07) is 0. The minimum Gasteiger partial charge on any atom is -0.380 e. The number of ether oxygens (including phenoxy) is 1. The third kappa shape index (κ3) is 28.3. The van der Waals surface area contributed by atoms with Crippen LogP contribution in [-0.4, -0.2) is 31.0 Å². The van der Waals surface area contributed by atoms with E-state index in [4.69, 9.17) is 4.74 Å². The Hall–Kier alpha value is -0.320. The van der Waals surface area contributed by atoms with Crippen molar-refractivity contribution in [2.75, 3.05) is 13.2 Å². The van der Waals surface area contributed by atoms with Gasteiger partial charge in [-0.25, -0.2) is 17.6 Å². The van der Waals surface area contributed by atoms with Crippen molar-refractivity contribution in [3.05, 3.63) is 0 Å². The Morgan fingerprint density at radius 2 is 1.08 bits per heavy atom. The minimum absolute atomic E-state index is 0.0417. The van der Waals surface area contributed by atoms with Gasteiger partial charge in [-0.3, -0.25) is 0 Å². The van der Waals surface area contributed by atoms with Crippen LogP contribution < -0.4 is 0 Å². The molecule has 1 unspecified atom stereocenters. The Kier molecular flexibility index (Phi) is 14.3. The fraction of sp³-hybridized carbons (Fsp3) is 1.00. The molecular formula is C31H62F4O. The van der Waals surface area contributed by atoms with E-state index in [1.165, 1.54) is 6.42 Å². The number of hydrogen-bond donors (Lipinski definition) is 0. The van der Waals surface area contributed by atoms with Crippen LogP contribution in [0.1, 0.15) is 142 Å². The third-order valence-electron chi connectivity index (χ3n) is 5.23. The first kappa shape index (κ1) is 37.8. The second-order valence-corrected chi connectivity index (χ2v) is 16.8. The molecule has 2 fully saturated rings. The van der Waals surface area contributed by atoms with Gasteiger partial charge in [0.2, 0.25) is 5.92 Å². The first-order valence-electron chi connectivity index (χ1n) is 13.7. The van der Waals surface area contributed by atoms with Crippen LogP contribution in [0.5, 0.6) is 0 Å². The van der Waals surface area contributed by atoms with E-state index in [9.17, 15) is 17.6 Å². The molecule has 0 aromatic carbocycles. The maximum absolute atomic E-state index is 13.0. The lowest BCUT2D eigenvalue weighted by Crippen LogP contribution is -2.42. The molecule has 0 aromatic rings. The van der Waals surface area contributed by atoms with E-state index >= 15 is 0 Å². The Morgan fingerprint density at radius 3 is 1.14 bits per heavy atom. The minimum atomic E-state index is -2.52. The molecule has 0 amide bonds. The third-order valence-corrected chi connectivity index (χ3v) is 5.23. The molecule has 0 N–H and O–H groups in total. The van der Waals surface area contributed by atoms with Gasteiger partial charge in [0.25, 0.3) is 0 Å². The molecule has 1 aliphatic carbocycles. The van der Waals surface area contributed by atoms with E-state index in [2.05, 4.69) is 48.5 Å². The van der Waals surface area contributed by atoms with E-state index in [0.717, 1.165) is 39.4 Å². The average Bonchev–Trinajstić information content (AvgIpc) is 3.13. The van der Waals surface area contributed by atoms with Crippen molar-refractivity contribution in [3.63, 3.8) is 0 Å². The maximum Gasteiger partial charge on any atom is 0.245 e. The molecule has 1 atom stereocenters. The van der Waals surface area contributed by atoms with Crippen molar-refractivity contribution >= 4 is 0 Å². The van der Waals surface area contributed by atoms with Crippen molar-refractivity contribution in [1.82, 2.24) is 0 Å². The molecular weight excluding hydrogens is 464 g/mol. The summed E-state index contributed by atoms with van der Waals surface area (Å²) >= 11 is 0. The highest BCUT2D eigenvalue weighted by Gasteiger charge is 2.45. The topological polar surface area (TPSA) is 9.23 Å². The molecule has 5 heteroatoms. The van der Waals surface area contributed by atoms with Gasteiger partial charge in [0, 0.05) is 11.8 Å². The van der Waals surface area contributed by atoms with Gasteiger partial charge >= 0.3 is 0 Å². The van der Waals surface area contributed by atoms with Crippen LogP contribution in [-0.2, 0) is 4.74 Å². The highest BCUT2D eigenvalue weighted by molar-refractivity contribution is 4.96. The molecule has 1 saturated heterocycles. The molecule has 1 aliphatic heterocycles. The van der Waals surface area contributed by atoms with Crippen LogP contribution in [0.3, 0.4) is 0 Å². The Labute approximate surface area is 222 Å². The van der Waals surface area contributed by atoms with Gasteiger partial charge in [-0.1, -0.05) is 90.0 Å². The SMILES string of the molecule is CC(C)(C)CC(C)(F)F.CC(C)(C)CC1(C)COC1.CC(C)(C)CC1(F)CC1.CC(F)CC(C)(C)C. The lowest BCUT2D eigenvalue weighted by molar-refractivity contribution is -0.119. The quantitative estimate of drug-likeness (QED) is 0.331. The summed E-state index contributed by atoms with van der Waals surface area (Å²) in [7, 11) is 0. The number of hydrogen-bond acceptors (Lipinski definition) is 1. The second-order valence-electron chi connectivity index (χ2n) is 16.8. The molecule has 220 valence electrons. The van der Waals surface area contributed by atoms with Gasteiger partial charge in [-0.2, -0.15) is 0 Å². The number of halogens is 4. The smallest absolute Gasteiger partial charge is 0.245 e. The first-order valence-corrected chi connectivity index (χ1v) is 13.7. The van der Waals surface area contributed by atoms with Crippen LogP contribution >= 0.6 is 0 Å². The maximum atomic E-state index is 13.0. The van der Waals surface area contributed by atoms with E-state index < -0.39 is 17.8 Å². The zero-order valence-corrected chi connectivity index (χ0v) is 26.7. The van der Waals surface area contributed by atoms with Gasteiger partial charge in [0.1, 0.15) is 5.67 Å². The molecule has 0 spiro atoms. The summed E-state index contributed by atoms with van der Waals surface area (Å²) in [4.78, 5) is 0. The normalized spacial score (nSPS) is 19.8. The van der Waals surface area contributed by atoms with Gasteiger partial charge in [0.15, 0.2) is 0 Å². The highest BCUT2D eigenvalue weighted by Crippen LogP contribution is 2.47. The van der Waals surface area contributed by atoms with Crippen molar-refractivity contribution < 1.29 is 22.3 Å². The largest absolute Gasteiger partial charge is 0.380 e. The molecule has 0 radical (unpaired) electrons. The van der Waals surface area contributed by atoms with Crippen molar-refractivity contribution in [1.29, 1.82) is 0 Å². The van der Waals surface area contributed by atoms with Gasteiger partial charge in [-0.15, -0.1) is 0 Å². The second kappa shape index (κ2) is 13.7. The molecule has 1 saturated carbocycles. The van der Waals surface area contributed by atoms with E-state index in [1.807, 2.05) is 41.5 Å². The van der Waals surface area contributed by atoms with E-state index in [1.54, 1.807) is 6.92 Å². The zero-order chi connectivity index (χ0) is 29.4. The lowest BCUT2D eigenvalue weighted by atomic mass is 9.74. The predicted molar refractivity (Wildman–Crippen MR) is 149 cm³/mol. The summed E-state index contributed by atoms with van der Waals surface area (Å²) in [5.74, 6) is -2.52. The Bertz CT molecular complexity index is 549. The number of alkyl halides is 4. The monoisotopic (exact) mass is 526 g/mol. The van der Waals surface area contributed by atoms with Crippen LogP contribution in [0.4, 0.5) is 17.6 Å². The van der Waals surface area contributed by atoms with E-state index in [-0.39, 0.29) is 22.7 Å². The Balaban J connectivity index is 0. The molecule has 1 nitrogen and oxygen atoms in total. The summed E-state index contributed by atoms with van der Waals surface area (Å²) < 4.78 is 54.8. The predicted octanol–water partition coefficient (Wildman–Crippen LogP) is 11.2. The molecule has 0 bridgehead atoms. The van der Waals surface area contributed by atoms with E-state index in [0.29, 0.717) is 17.3 Å². The standard InChI is InChI=1S/C9H18O.C8H15F.C7H14F2.C7H15F/c1-8(2,3)5-9(4)6-10-7-9;1-7(2,3)6-8(9)4-5-8;1-6(2,3)5-7(4,8)9;1-6(8)5-7(2,3)4/h5-7H2,1-4H3;4-6H2,1-3H3;5H2,1-4H3;6H,5H2,1-4H3. The molecule has 2 aliphatic rings. The molecule has 2 rings (SSSR count). The summed E-state index contributed by atoms with van der Waals surface area (Å²) in [6.45, 7) is 31.5. The fourth-order valence-electron chi connectivity index (χ4n) is 4.87. The van der Waals surface area contributed by atoms with Crippen LogP contribution in [0.25, 0.3) is 0 Å². The molecule has 0 aromatic heterocycles. The summed E-state index contributed by atoms with van der Waals surface area (Å²) in [5.41, 5.74) is 0.229. The Morgan fingerprint density at radius 1 is 0.694 bits per heavy atom. The first-order chi connectivity index (χ1) is 15.5. The van der Waals surface area contributed by atoms with Crippen LogP contribution in [0.15, 0.2) is 0 Å². The van der Waals surface area contributed by atoms with Gasteiger partial charge in [0.05, 0.1) is 19.4 Å². The molecule has 36 heavy (non-hydrogen) atoms. The van der Waals surface area contributed by atoms with Crippen LogP contribution in [0, 0.1) is 27.1 Å². The lowest BCUT2D eigenvalue weighted by Gasteiger charge is -2.42. The fourth-order valence-corrected chi connectivity index (χ4v) is 4.87.